The van der Waals surface area contributed by atoms with E-state index in [2.05, 4.69) is 0 Å². The van der Waals surface area contributed by atoms with Crippen molar-refractivity contribution < 1.29 is 5.11 Å². The summed E-state index contributed by atoms with van der Waals surface area (Å²) >= 11 is 1.63. The van der Waals surface area contributed by atoms with Crippen molar-refractivity contribution in [2.45, 2.75) is 11.3 Å². The molecule has 0 fully saturated rings. The van der Waals surface area contributed by atoms with Crippen LogP contribution < -0.4 is 5.56 Å². The predicted octanol–water partition coefficient (Wildman–Crippen LogP) is 0.739. The maximum atomic E-state index is 11.2. The lowest BCUT2D eigenvalue weighted by atomic mass is 10.2. The van der Waals surface area contributed by atoms with E-state index in [9.17, 15) is 9.90 Å². The first-order chi connectivity index (χ1) is 5.70. The first-order valence-electron chi connectivity index (χ1n) is 3.75. The Morgan fingerprint density at radius 1 is 1.67 bits per heavy atom. The van der Waals surface area contributed by atoms with Crippen molar-refractivity contribution >= 4 is 11.8 Å². The standard InChI is InChI=1S/C8H9NO2S/c1-9-7(10)4-6-5(8(9)11)2-3-12-6/h4,11H,2-3H2,1H3. The third kappa shape index (κ3) is 0.948. The van der Waals surface area contributed by atoms with Crippen LogP contribution in [0.5, 0.6) is 5.88 Å². The number of aromatic nitrogens is 1. The predicted molar refractivity (Wildman–Crippen MR) is 47.8 cm³/mol. The molecule has 0 aliphatic carbocycles. The summed E-state index contributed by atoms with van der Waals surface area (Å²) in [6, 6.07) is 1.59. The topological polar surface area (TPSA) is 42.2 Å². The highest BCUT2D eigenvalue weighted by Crippen LogP contribution is 2.34. The number of aromatic hydroxyl groups is 1. The van der Waals surface area contributed by atoms with E-state index in [4.69, 9.17) is 0 Å². The zero-order valence-electron chi connectivity index (χ0n) is 6.70. The number of nitrogens with zero attached hydrogens (tertiary/aromatic N) is 1. The fourth-order valence-corrected chi connectivity index (χ4v) is 2.42. The highest BCUT2D eigenvalue weighted by Gasteiger charge is 2.18. The molecule has 0 spiro atoms. The highest BCUT2D eigenvalue weighted by atomic mass is 32.2. The largest absolute Gasteiger partial charge is 0.494 e. The molecule has 0 saturated heterocycles. The quantitative estimate of drug-likeness (QED) is 0.645. The summed E-state index contributed by atoms with van der Waals surface area (Å²) in [5.41, 5.74) is 0.780. The molecule has 0 aromatic carbocycles. The maximum absolute atomic E-state index is 11.2. The van der Waals surface area contributed by atoms with Gasteiger partial charge in [-0.1, -0.05) is 0 Å². The SMILES string of the molecule is Cn1c(O)c2c(cc1=O)SCC2. The average molecular weight is 183 g/mol. The first-order valence-corrected chi connectivity index (χ1v) is 4.73. The molecule has 2 rings (SSSR count). The smallest absolute Gasteiger partial charge is 0.254 e. The van der Waals surface area contributed by atoms with E-state index in [-0.39, 0.29) is 11.4 Å². The molecule has 2 heterocycles. The first kappa shape index (κ1) is 7.73. The lowest BCUT2D eigenvalue weighted by molar-refractivity contribution is 0.414. The Balaban J connectivity index is 2.76. The van der Waals surface area contributed by atoms with E-state index in [0.717, 1.165) is 22.6 Å². The van der Waals surface area contributed by atoms with Crippen molar-refractivity contribution in [2.75, 3.05) is 5.75 Å². The van der Waals surface area contributed by atoms with Crippen molar-refractivity contribution in [1.82, 2.24) is 4.57 Å². The van der Waals surface area contributed by atoms with Crippen LogP contribution in [0.15, 0.2) is 15.8 Å². The zero-order chi connectivity index (χ0) is 8.72. The van der Waals surface area contributed by atoms with Crippen LogP contribution in [0.2, 0.25) is 0 Å². The van der Waals surface area contributed by atoms with E-state index in [1.165, 1.54) is 4.57 Å². The van der Waals surface area contributed by atoms with Crippen LogP contribution in [0, 0.1) is 0 Å². The molecule has 1 N–H and O–H groups in total. The van der Waals surface area contributed by atoms with Crippen LogP contribution in [0.25, 0.3) is 0 Å². The molecule has 0 bridgehead atoms. The van der Waals surface area contributed by atoms with Gasteiger partial charge in [-0.15, -0.1) is 11.8 Å². The minimum Gasteiger partial charge on any atom is -0.494 e. The van der Waals surface area contributed by atoms with Crippen molar-refractivity contribution in [2.24, 2.45) is 7.05 Å². The van der Waals surface area contributed by atoms with E-state index in [1.54, 1.807) is 24.9 Å². The van der Waals surface area contributed by atoms with E-state index in [0.29, 0.717) is 0 Å². The lowest BCUT2D eigenvalue weighted by Gasteiger charge is -2.05. The van der Waals surface area contributed by atoms with Gasteiger partial charge in [0.05, 0.1) is 0 Å². The third-order valence-electron chi connectivity index (χ3n) is 2.08. The number of hydrogen-bond donors (Lipinski definition) is 1. The Hall–Kier alpha value is -0.900. The van der Waals surface area contributed by atoms with Gasteiger partial charge >= 0.3 is 0 Å². The molecule has 1 aromatic rings. The van der Waals surface area contributed by atoms with E-state index in [1.807, 2.05) is 0 Å². The molecule has 0 radical (unpaired) electrons. The van der Waals surface area contributed by atoms with Crippen LogP contribution in [-0.4, -0.2) is 15.4 Å². The highest BCUT2D eigenvalue weighted by molar-refractivity contribution is 7.99. The van der Waals surface area contributed by atoms with Crippen molar-refractivity contribution in [1.29, 1.82) is 0 Å². The van der Waals surface area contributed by atoms with Gasteiger partial charge in [-0.2, -0.15) is 0 Å². The summed E-state index contributed by atoms with van der Waals surface area (Å²) in [5.74, 6) is 1.09. The maximum Gasteiger partial charge on any atom is 0.254 e. The van der Waals surface area contributed by atoms with Crippen molar-refractivity contribution in [3.8, 4) is 5.88 Å². The summed E-state index contributed by atoms with van der Waals surface area (Å²) in [6.07, 6.45) is 0.861. The third-order valence-corrected chi connectivity index (χ3v) is 3.16. The van der Waals surface area contributed by atoms with Crippen LogP contribution in [0.1, 0.15) is 5.56 Å². The van der Waals surface area contributed by atoms with Crippen LogP contribution in [0.4, 0.5) is 0 Å². The summed E-state index contributed by atoms with van der Waals surface area (Å²) in [7, 11) is 1.58. The van der Waals surface area contributed by atoms with E-state index >= 15 is 0 Å². The number of rotatable bonds is 0. The molecule has 0 saturated carbocycles. The second-order valence-corrected chi connectivity index (χ2v) is 3.94. The van der Waals surface area contributed by atoms with Crippen LogP contribution in [-0.2, 0) is 13.5 Å². The Morgan fingerprint density at radius 2 is 2.42 bits per heavy atom. The number of fused-ring (bicyclic) bond motifs is 1. The molecule has 0 amide bonds. The monoisotopic (exact) mass is 183 g/mol. The summed E-state index contributed by atoms with van der Waals surface area (Å²) in [6.45, 7) is 0. The van der Waals surface area contributed by atoms with Gasteiger partial charge in [0.25, 0.3) is 5.56 Å². The van der Waals surface area contributed by atoms with Gasteiger partial charge in [0, 0.05) is 29.3 Å². The Kier molecular flexibility index (Phi) is 1.65. The fourth-order valence-electron chi connectivity index (χ4n) is 1.34. The van der Waals surface area contributed by atoms with Gasteiger partial charge in [-0.25, -0.2) is 0 Å². The van der Waals surface area contributed by atoms with Crippen LogP contribution in [0.3, 0.4) is 0 Å². The molecular weight excluding hydrogens is 174 g/mol. The van der Waals surface area contributed by atoms with Crippen molar-refractivity contribution in [3.63, 3.8) is 0 Å². The second-order valence-electron chi connectivity index (χ2n) is 2.81. The summed E-state index contributed by atoms with van der Waals surface area (Å²) in [5, 5.41) is 9.55. The van der Waals surface area contributed by atoms with Crippen LogP contribution >= 0.6 is 11.8 Å². The Morgan fingerprint density at radius 3 is 3.17 bits per heavy atom. The minimum absolute atomic E-state index is 0.127. The molecule has 3 nitrogen and oxygen atoms in total. The molecule has 12 heavy (non-hydrogen) atoms. The summed E-state index contributed by atoms with van der Waals surface area (Å²) in [4.78, 5) is 12.1. The lowest BCUT2D eigenvalue weighted by Crippen LogP contribution is -2.16. The fraction of sp³-hybridized carbons (Fsp3) is 0.375. The normalized spacial score (nSPS) is 14.8. The zero-order valence-corrected chi connectivity index (χ0v) is 7.52. The molecule has 4 heteroatoms. The number of hydrogen-bond acceptors (Lipinski definition) is 3. The Bertz CT molecular complexity index is 383. The molecular formula is C8H9NO2S. The molecule has 64 valence electrons. The molecule has 0 unspecified atom stereocenters. The average Bonchev–Trinajstić information content (AvgIpc) is 2.48. The molecule has 0 atom stereocenters. The number of thioether (sulfide) groups is 1. The molecule has 1 aliphatic heterocycles. The Labute approximate surface area is 74.0 Å². The molecule has 1 aromatic heterocycles. The minimum atomic E-state index is -0.138. The van der Waals surface area contributed by atoms with Gasteiger partial charge in [0.1, 0.15) is 0 Å². The second kappa shape index (κ2) is 2.55. The number of pyridine rings is 1. The van der Waals surface area contributed by atoms with Gasteiger partial charge in [0.15, 0.2) is 5.88 Å². The van der Waals surface area contributed by atoms with Crippen molar-refractivity contribution in [3.05, 3.63) is 22.0 Å². The van der Waals surface area contributed by atoms with E-state index < -0.39 is 0 Å². The molecule has 1 aliphatic rings. The summed E-state index contributed by atoms with van der Waals surface area (Å²) < 4.78 is 1.28. The van der Waals surface area contributed by atoms with Gasteiger partial charge in [0.2, 0.25) is 0 Å². The van der Waals surface area contributed by atoms with Gasteiger partial charge < -0.3 is 5.11 Å². The van der Waals surface area contributed by atoms with Gasteiger partial charge in [-0.3, -0.25) is 9.36 Å². The van der Waals surface area contributed by atoms with Gasteiger partial charge in [-0.05, 0) is 6.42 Å².